The molecule has 22 heavy (non-hydrogen) atoms. The molecule has 116 valence electrons. The summed E-state index contributed by atoms with van der Waals surface area (Å²) in [6.45, 7) is -0.370. The Kier molecular flexibility index (Phi) is 3.73. The molecule has 1 aliphatic rings. The molecule has 0 fully saturated rings. The van der Waals surface area contributed by atoms with Gasteiger partial charge in [0.25, 0.3) is 6.43 Å². The maximum absolute atomic E-state index is 13.7. The van der Waals surface area contributed by atoms with Crippen LogP contribution in [0.5, 0.6) is 5.75 Å². The van der Waals surface area contributed by atoms with E-state index in [0.717, 1.165) is 18.0 Å². The smallest absolute Gasteiger partial charge is 0.313 e. The largest absolute Gasteiger partial charge is 0.490 e. The summed E-state index contributed by atoms with van der Waals surface area (Å²) in [5.41, 5.74) is -1.99. The fourth-order valence-electron chi connectivity index (χ4n) is 2.09. The first-order chi connectivity index (χ1) is 10.4. The quantitative estimate of drug-likeness (QED) is 0.819. The summed E-state index contributed by atoms with van der Waals surface area (Å²) in [6.07, 6.45) is -1.75. The number of benzene rings is 1. The zero-order valence-electron chi connectivity index (χ0n) is 10.9. The van der Waals surface area contributed by atoms with E-state index in [1.165, 1.54) is 6.07 Å². The molecule has 2 aromatic rings. The van der Waals surface area contributed by atoms with Crippen LogP contribution in [-0.2, 0) is 4.75 Å². The molecule has 5 nitrogen and oxygen atoms in total. The van der Waals surface area contributed by atoms with Crippen molar-refractivity contribution in [2.24, 2.45) is 0 Å². The summed E-state index contributed by atoms with van der Waals surface area (Å²) >= 11 is 6.70. The minimum atomic E-state index is -2.83. The number of aromatic nitrogens is 2. The number of fused-ring (bicyclic) bond motifs is 1. The van der Waals surface area contributed by atoms with Crippen LogP contribution in [0.2, 0.25) is 5.02 Å². The van der Waals surface area contributed by atoms with Crippen LogP contribution in [0.1, 0.15) is 5.69 Å². The molecule has 2 heterocycles. The first-order valence-electron chi connectivity index (χ1n) is 6.14. The van der Waals surface area contributed by atoms with E-state index in [1.807, 2.05) is 0 Å². The third-order valence-corrected chi connectivity index (χ3v) is 4.92. The molecule has 9 heteroatoms. The summed E-state index contributed by atoms with van der Waals surface area (Å²) in [5, 5.41) is 0.432. The second-order valence-electron chi connectivity index (χ2n) is 4.66. The van der Waals surface area contributed by atoms with Gasteiger partial charge in [0.2, 0.25) is 0 Å². The lowest BCUT2D eigenvalue weighted by atomic mass is 10.1. The van der Waals surface area contributed by atoms with Crippen molar-refractivity contribution in [3.8, 4) is 5.75 Å². The van der Waals surface area contributed by atoms with Gasteiger partial charge in [-0.25, -0.2) is 8.78 Å². The number of thioether (sulfide) groups is 1. The highest BCUT2D eigenvalue weighted by Gasteiger charge is 2.48. The molecule has 0 radical (unpaired) electrons. The Hall–Kier alpha value is -1.80. The van der Waals surface area contributed by atoms with Crippen molar-refractivity contribution in [3.63, 3.8) is 0 Å². The highest BCUT2D eigenvalue weighted by atomic mass is 35.5. The van der Waals surface area contributed by atoms with Gasteiger partial charge in [0.05, 0.1) is 10.6 Å². The molecule has 0 spiro atoms. The SMILES string of the molecule is O=c1[nH]cc(C2(C(F)F)COc3cc(Cl)ccc3S2)[nH]c1=O. The Bertz CT molecular complexity index is 839. The van der Waals surface area contributed by atoms with Gasteiger partial charge in [0.1, 0.15) is 12.4 Å². The molecule has 1 aliphatic heterocycles. The van der Waals surface area contributed by atoms with Gasteiger partial charge in [0.15, 0.2) is 4.75 Å². The van der Waals surface area contributed by atoms with E-state index in [0.29, 0.717) is 15.7 Å². The average Bonchev–Trinajstić information content (AvgIpc) is 2.49. The highest BCUT2D eigenvalue weighted by molar-refractivity contribution is 8.00. The number of aromatic amines is 2. The number of nitrogens with one attached hydrogen (secondary N) is 2. The minimum absolute atomic E-state index is 0.0994. The third kappa shape index (κ3) is 2.42. The van der Waals surface area contributed by atoms with Crippen molar-refractivity contribution in [2.45, 2.75) is 16.1 Å². The minimum Gasteiger partial charge on any atom is -0.490 e. The lowest BCUT2D eigenvalue weighted by Crippen LogP contribution is -2.43. The molecule has 0 amide bonds. The van der Waals surface area contributed by atoms with E-state index in [-0.39, 0.29) is 12.3 Å². The number of rotatable bonds is 2. The summed E-state index contributed by atoms with van der Waals surface area (Å²) in [6, 6.07) is 4.67. The van der Waals surface area contributed by atoms with Gasteiger partial charge in [-0.05, 0) is 18.2 Å². The lowest BCUT2D eigenvalue weighted by molar-refractivity contribution is 0.0625. The number of halogens is 3. The Morgan fingerprint density at radius 1 is 1.32 bits per heavy atom. The van der Waals surface area contributed by atoms with E-state index in [1.54, 1.807) is 12.1 Å². The van der Waals surface area contributed by atoms with Crippen LogP contribution in [0.3, 0.4) is 0 Å². The van der Waals surface area contributed by atoms with Gasteiger partial charge in [-0.3, -0.25) is 9.59 Å². The molecule has 1 atom stereocenters. The first kappa shape index (κ1) is 15.1. The summed E-state index contributed by atoms with van der Waals surface area (Å²) in [4.78, 5) is 27.4. The first-order valence-corrected chi connectivity index (χ1v) is 7.34. The molecule has 0 aliphatic carbocycles. The molecule has 2 N–H and O–H groups in total. The number of H-pyrrole nitrogens is 2. The maximum Gasteiger partial charge on any atom is 0.313 e. The predicted octanol–water partition coefficient (Wildman–Crippen LogP) is 2.36. The van der Waals surface area contributed by atoms with Crippen LogP contribution < -0.4 is 15.9 Å². The Morgan fingerprint density at radius 3 is 2.77 bits per heavy atom. The van der Waals surface area contributed by atoms with Gasteiger partial charge in [0, 0.05) is 11.2 Å². The van der Waals surface area contributed by atoms with Crippen molar-refractivity contribution in [3.05, 3.63) is 55.8 Å². The Balaban J connectivity index is 2.11. The van der Waals surface area contributed by atoms with E-state index in [2.05, 4.69) is 9.97 Å². The molecule has 1 aromatic heterocycles. The third-order valence-electron chi connectivity index (χ3n) is 3.25. The van der Waals surface area contributed by atoms with Gasteiger partial charge >= 0.3 is 11.1 Å². The Labute approximate surface area is 131 Å². The topological polar surface area (TPSA) is 75.0 Å². The molecule has 1 aromatic carbocycles. The number of alkyl halides is 2. The molecular weight excluding hydrogens is 338 g/mol. The normalized spacial score (nSPS) is 20.5. The fourth-order valence-corrected chi connectivity index (χ4v) is 3.43. The number of hydrogen-bond acceptors (Lipinski definition) is 4. The van der Waals surface area contributed by atoms with Crippen LogP contribution in [0.25, 0.3) is 0 Å². The van der Waals surface area contributed by atoms with Gasteiger partial charge in [-0.1, -0.05) is 23.4 Å². The van der Waals surface area contributed by atoms with Crippen LogP contribution in [0.15, 0.2) is 38.9 Å². The number of hydrogen-bond donors (Lipinski definition) is 2. The van der Waals surface area contributed by atoms with Crippen molar-refractivity contribution >= 4 is 23.4 Å². The predicted molar refractivity (Wildman–Crippen MR) is 78.2 cm³/mol. The monoisotopic (exact) mass is 346 g/mol. The summed E-state index contributed by atoms with van der Waals surface area (Å²) in [7, 11) is 0. The highest BCUT2D eigenvalue weighted by Crippen LogP contribution is 2.51. The van der Waals surface area contributed by atoms with Crippen LogP contribution in [-0.4, -0.2) is 23.0 Å². The van der Waals surface area contributed by atoms with E-state index in [4.69, 9.17) is 16.3 Å². The lowest BCUT2D eigenvalue weighted by Gasteiger charge is -2.36. The fraction of sp³-hybridized carbons (Fsp3) is 0.231. The second-order valence-corrected chi connectivity index (χ2v) is 6.47. The van der Waals surface area contributed by atoms with E-state index < -0.39 is 22.3 Å². The molecule has 0 bridgehead atoms. The van der Waals surface area contributed by atoms with Crippen molar-refractivity contribution in [1.29, 1.82) is 0 Å². The summed E-state index contributed by atoms with van der Waals surface area (Å²) in [5.74, 6) is 0.403. The molecule has 0 saturated carbocycles. The second kappa shape index (κ2) is 5.44. The van der Waals surface area contributed by atoms with E-state index in [9.17, 15) is 18.4 Å². The van der Waals surface area contributed by atoms with Crippen LogP contribution >= 0.6 is 23.4 Å². The van der Waals surface area contributed by atoms with Gasteiger partial charge < -0.3 is 14.7 Å². The van der Waals surface area contributed by atoms with Gasteiger partial charge in [-0.15, -0.1) is 0 Å². The van der Waals surface area contributed by atoms with Gasteiger partial charge in [-0.2, -0.15) is 0 Å². The van der Waals surface area contributed by atoms with E-state index >= 15 is 0 Å². The molecule has 0 saturated heterocycles. The number of ether oxygens (including phenoxy) is 1. The van der Waals surface area contributed by atoms with Crippen molar-refractivity contribution in [1.82, 2.24) is 9.97 Å². The maximum atomic E-state index is 13.7. The average molecular weight is 347 g/mol. The van der Waals surface area contributed by atoms with Crippen molar-refractivity contribution in [2.75, 3.05) is 6.61 Å². The Morgan fingerprint density at radius 2 is 2.09 bits per heavy atom. The molecular formula is C13H9ClF2N2O3S. The summed E-state index contributed by atoms with van der Waals surface area (Å²) < 4.78 is 31.0. The molecule has 3 rings (SSSR count). The zero-order valence-corrected chi connectivity index (χ0v) is 12.4. The van der Waals surface area contributed by atoms with Crippen LogP contribution in [0, 0.1) is 0 Å². The molecule has 1 unspecified atom stereocenters. The standard InChI is InChI=1S/C13H9ClF2N2O3S/c14-6-1-2-8-7(3-6)21-5-13(22-8,12(15)16)9-4-17-10(19)11(20)18-9/h1-4,12H,5H2,(H,17,19)(H,18,20). The van der Waals surface area contributed by atoms with Crippen LogP contribution in [0.4, 0.5) is 8.78 Å². The zero-order chi connectivity index (χ0) is 15.9. The van der Waals surface area contributed by atoms with Crippen molar-refractivity contribution < 1.29 is 13.5 Å².